The van der Waals surface area contributed by atoms with Crippen LogP contribution in [0, 0.1) is 17.1 Å². The van der Waals surface area contributed by atoms with Crippen molar-refractivity contribution in [1.82, 2.24) is 9.55 Å². The van der Waals surface area contributed by atoms with Crippen LogP contribution in [0.2, 0.25) is 5.02 Å². The fourth-order valence-corrected chi connectivity index (χ4v) is 3.38. The van der Waals surface area contributed by atoms with E-state index in [1.165, 1.54) is 34.9 Å². The maximum absolute atomic E-state index is 15.2. The van der Waals surface area contributed by atoms with Crippen molar-refractivity contribution in [3.05, 3.63) is 85.6 Å². The number of hydrogen-bond acceptors (Lipinski definition) is 4. The first kappa shape index (κ1) is 20.7. The lowest BCUT2D eigenvalue weighted by Gasteiger charge is -2.13. The molecule has 1 heterocycles. The van der Waals surface area contributed by atoms with E-state index < -0.39 is 11.5 Å². The van der Waals surface area contributed by atoms with E-state index in [0.29, 0.717) is 10.2 Å². The molecule has 0 radical (unpaired) electrons. The minimum Gasteiger partial charge on any atom is -0.493 e. The number of nitrogens with one attached hydrogen (secondary N) is 1. The Morgan fingerprint density at radius 2 is 2.17 bits per heavy atom. The molecule has 148 valence electrons. The Balaban J connectivity index is 2.01. The summed E-state index contributed by atoms with van der Waals surface area (Å²) in [7, 11) is 0. The molecule has 0 saturated heterocycles. The van der Waals surface area contributed by atoms with Crippen LogP contribution in [0.1, 0.15) is 16.8 Å². The highest BCUT2D eigenvalue weighted by Gasteiger charge is 2.19. The van der Waals surface area contributed by atoms with E-state index in [1.807, 2.05) is 6.07 Å². The number of H-pyrrole nitrogens is 1. The summed E-state index contributed by atoms with van der Waals surface area (Å²) in [6.07, 6.45) is 1.75. The largest absolute Gasteiger partial charge is 0.493 e. The lowest BCUT2D eigenvalue weighted by Crippen LogP contribution is -2.20. The zero-order chi connectivity index (χ0) is 21.1. The van der Waals surface area contributed by atoms with Crippen molar-refractivity contribution in [3.8, 4) is 23.4 Å². The molecule has 0 bridgehead atoms. The predicted molar refractivity (Wildman–Crippen MR) is 110 cm³/mol. The first-order valence-electron chi connectivity index (χ1n) is 8.31. The number of nitrogens with zero attached hydrogens (tertiary/aromatic N) is 2. The standard InChI is InChI=1S/C20H14BrClFN3O3/c1-2-3-16-19(27)25-20(28)26(16)10-12-4-5-15(21)18(17(12)23)29-14-7-11(9-24)6-13(22)8-14/h2,4-8,27H,1,3,10H2,(H,25,28). The van der Waals surface area contributed by atoms with Gasteiger partial charge in [0.1, 0.15) is 5.75 Å². The Morgan fingerprint density at radius 3 is 2.86 bits per heavy atom. The van der Waals surface area contributed by atoms with E-state index in [1.54, 1.807) is 6.07 Å². The third kappa shape index (κ3) is 4.36. The molecule has 6 nitrogen and oxygen atoms in total. The molecule has 0 amide bonds. The van der Waals surface area contributed by atoms with Crippen molar-refractivity contribution in [3.63, 3.8) is 0 Å². The Bertz CT molecular complexity index is 1200. The van der Waals surface area contributed by atoms with Gasteiger partial charge in [-0.05, 0) is 40.2 Å². The summed E-state index contributed by atoms with van der Waals surface area (Å²) < 4.78 is 22.4. The number of aromatic amines is 1. The van der Waals surface area contributed by atoms with Gasteiger partial charge < -0.3 is 9.84 Å². The van der Waals surface area contributed by atoms with Gasteiger partial charge in [0.25, 0.3) is 0 Å². The minimum absolute atomic E-state index is 0.119. The van der Waals surface area contributed by atoms with Crippen LogP contribution in [0.15, 0.2) is 52.3 Å². The van der Waals surface area contributed by atoms with Crippen molar-refractivity contribution >= 4 is 27.5 Å². The molecule has 1 aromatic heterocycles. The van der Waals surface area contributed by atoms with E-state index in [0.717, 1.165) is 0 Å². The van der Waals surface area contributed by atoms with Crippen LogP contribution in [0.25, 0.3) is 0 Å². The number of nitriles is 1. The average molecular weight is 479 g/mol. The summed E-state index contributed by atoms with van der Waals surface area (Å²) in [6, 6.07) is 9.38. The number of imidazole rings is 1. The molecule has 3 aromatic rings. The summed E-state index contributed by atoms with van der Waals surface area (Å²) in [6.45, 7) is 3.46. The van der Waals surface area contributed by atoms with Gasteiger partial charge in [-0.1, -0.05) is 23.7 Å². The van der Waals surface area contributed by atoms with Gasteiger partial charge in [0.15, 0.2) is 11.6 Å². The maximum atomic E-state index is 15.2. The summed E-state index contributed by atoms with van der Waals surface area (Å²) in [5.74, 6) is -0.914. The van der Waals surface area contributed by atoms with E-state index in [-0.39, 0.29) is 46.5 Å². The highest BCUT2D eigenvalue weighted by molar-refractivity contribution is 9.10. The van der Waals surface area contributed by atoms with Crippen LogP contribution < -0.4 is 10.4 Å². The number of allylic oxidation sites excluding steroid dienone is 1. The first-order chi connectivity index (χ1) is 13.8. The van der Waals surface area contributed by atoms with Crippen molar-refractivity contribution in [2.24, 2.45) is 0 Å². The Kier molecular flexibility index (Phi) is 6.11. The van der Waals surface area contributed by atoms with Crippen LogP contribution in [0.3, 0.4) is 0 Å². The molecule has 0 atom stereocenters. The Labute approximate surface area is 178 Å². The Hall–Kier alpha value is -3.02. The lowest BCUT2D eigenvalue weighted by molar-refractivity contribution is 0.433. The molecule has 0 fully saturated rings. The van der Waals surface area contributed by atoms with Crippen molar-refractivity contribution in [1.29, 1.82) is 5.26 Å². The van der Waals surface area contributed by atoms with Crippen molar-refractivity contribution < 1.29 is 14.2 Å². The zero-order valence-corrected chi connectivity index (χ0v) is 17.2. The van der Waals surface area contributed by atoms with Gasteiger partial charge in [-0.2, -0.15) is 5.26 Å². The second-order valence-electron chi connectivity index (χ2n) is 6.04. The monoisotopic (exact) mass is 477 g/mol. The Morgan fingerprint density at radius 1 is 1.41 bits per heavy atom. The van der Waals surface area contributed by atoms with Crippen molar-refractivity contribution in [2.45, 2.75) is 13.0 Å². The third-order valence-electron chi connectivity index (χ3n) is 4.09. The van der Waals surface area contributed by atoms with Crippen molar-refractivity contribution in [2.75, 3.05) is 0 Å². The average Bonchev–Trinajstić information content (AvgIpc) is 2.94. The second-order valence-corrected chi connectivity index (χ2v) is 7.33. The summed E-state index contributed by atoms with van der Waals surface area (Å²) in [5, 5.41) is 19.2. The number of ether oxygens (including phenoxy) is 1. The van der Waals surface area contributed by atoms with Gasteiger partial charge in [-0.15, -0.1) is 6.58 Å². The molecule has 0 saturated carbocycles. The van der Waals surface area contributed by atoms with Crippen LogP contribution in [-0.4, -0.2) is 14.7 Å². The SMILES string of the molecule is C=CCc1c(O)[nH]c(=O)n1Cc1ccc(Br)c(Oc2cc(Cl)cc(C#N)c2)c1F. The molecule has 0 aliphatic heterocycles. The molecule has 9 heteroatoms. The topological polar surface area (TPSA) is 91.0 Å². The molecule has 2 N–H and O–H groups in total. The van der Waals surface area contributed by atoms with Crippen LogP contribution >= 0.6 is 27.5 Å². The van der Waals surface area contributed by atoms with Gasteiger partial charge in [-0.25, -0.2) is 9.18 Å². The van der Waals surface area contributed by atoms with Crippen LogP contribution in [0.4, 0.5) is 4.39 Å². The second kappa shape index (κ2) is 8.55. The zero-order valence-electron chi connectivity index (χ0n) is 14.9. The van der Waals surface area contributed by atoms with Crippen LogP contribution in [0.5, 0.6) is 17.4 Å². The number of aromatic hydroxyl groups is 1. The van der Waals surface area contributed by atoms with Gasteiger partial charge in [0.05, 0.1) is 28.3 Å². The number of aromatic nitrogens is 2. The van der Waals surface area contributed by atoms with Gasteiger partial charge >= 0.3 is 5.69 Å². The summed E-state index contributed by atoms with van der Waals surface area (Å²) >= 11 is 9.22. The molecule has 0 spiro atoms. The number of hydrogen-bond donors (Lipinski definition) is 2. The van der Waals surface area contributed by atoms with E-state index >= 15 is 4.39 Å². The summed E-state index contributed by atoms with van der Waals surface area (Å²) in [4.78, 5) is 14.4. The molecular formula is C20H14BrClFN3O3. The minimum atomic E-state index is -0.699. The van der Waals surface area contributed by atoms with Crippen LogP contribution in [-0.2, 0) is 13.0 Å². The van der Waals surface area contributed by atoms with E-state index in [9.17, 15) is 9.90 Å². The van der Waals surface area contributed by atoms with E-state index in [2.05, 4.69) is 27.5 Å². The highest BCUT2D eigenvalue weighted by Crippen LogP contribution is 2.35. The molecule has 29 heavy (non-hydrogen) atoms. The smallest absolute Gasteiger partial charge is 0.328 e. The van der Waals surface area contributed by atoms with E-state index in [4.69, 9.17) is 21.6 Å². The third-order valence-corrected chi connectivity index (χ3v) is 4.93. The number of rotatable bonds is 6. The number of halogens is 3. The van der Waals surface area contributed by atoms with Gasteiger partial charge in [-0.3, -0.25) is 9.55 Å². The molecule has 0 aliphatic rings. The summed E-state index contributed by atoms with van der Waals surface area (Å²) in [5.41, 5.74) is 0.154. The quantitative estimate of drug-likeness (QED) is 0.494. The fraction of sp³-hybridized carbons (Fsp3) is 0.100. The molecule has 3 rings (SSSR count). The first-order valence-corrected chi connectivity index (χ1v) is 9.48. The molecule has 2 aromatic carbocycles. The molecular weight excluding hydrogens is 465 g/mol. The molecule has 0 unspecified atom stereocenters. The fourth-order valence-electron chi connectivity index (χ4n) is 2.77. The predicted octanol–water partition coefficient (Wildman–Crippen LogP) is 4.88. The lowest BCUT2D eigenvalue weighted by atomic mass is 10.2. The maximum Gasteiger partial charge on any atom is 0.328 e. The normalized spacial score (nSPS) is 10.6. The van der Waals surface area contributed by atoms with Gasteiger partial charge in [0.2, 0.25) is 5.88 Å². The molecule has 0 aliphatic carbocycles. The highest BCUT2D eigenvalue weighted by atomic mass is 79.9. The van der Waals surface area contributed by atoms with Gasteiger partial charge in [0, 0.05) is 17.0 Å². The number of benzene rings is 2.